The Morgan fingerprint density at radius 3 is 2.39 bits per heavy atom. The van der Waals surface area contributed by atoms with E-state index in [0.717, 1.165) is 30.9 Å². The smallest absolute Gasteiger partial charge is 0.149 e. The van der Waals surface area contributed by atoms with Gasteiger partial charge in [0.1, 0.15) is 17.0 Å². The molecule has 2 aromatic rings. The molecule has 1 saturated heterocycles. The van der Waals surface area contributed by atoms with E-state index in [9.17, 15) is 9.59 Å². The number of piperazine rings is 1. The summed E-state index contributed by atoms with van der Waals surface area (Å²) in [4.78, 5) is 32.1. The van der Waals surface area contributed by atoms with Crippen LogP contribution < -0.4 is 4.90 Å². The zero-order chi connectivity index (χ0) is 21.8. The average molecular weight is 437 g/mol. The lowest BCUT2D eigenvalue weighted by atomic mass is 9.56. The van der Waals surface area contributed by atoms with Crippen LogP contribution in [-0.2, 0) is 22.6 Å². The summed E-state index contributed by atoms with van der Waals surface area (Å²) < 4.78 is 0. The van der Waals surface area contributed by atoms with Gasteiger partial charge < -0.3 is 4.90 Å². The van der Waals surface area contributed by atoms with Crippen LogP contribution in [0.25, 0.3) is 0 Å². The van der Waals surface area contributed by atoms with E-state index in [0.29, 0.717) is 30.8 Å². The minimum atomic E-state index is -0.953. The number of halogens is 1. The van der Waals surface area contributed by atoms with E-state index in [2.05, 4.69) is 34.1 Å². The first kappa shape index (κ1) is 20.7. The molecule has 3 aliphatic rings. The molecule has 0 aromatic heterocycles. The SMILES string of the molecule is CC1(C)CC(=O)C2(Cc3ccc(Cl)cc3N3CCN(Cc4ccccc4)C[C@H]32)C(=O)C1. The summed E-state index contributed by atoms with van der Waals surface area (Å²) in [6.45, 7) is 7.28. The van der Waals surface area contributed by atoms with Gasteiger partial charge in [0.15, 0.2) is 0 Å². The number of carbonyl (C=O) groups excluding carboxylic acids is 2. The Morgan fingerprint density at radius 1 is 0.968 bits per heavy atom. The second-order valence-electron chi connectivity index (χ2n) is 10.2. The van der Waals surface area contributed by atoms with Gasteiger partial charge in [-0.2, -0.15) is 0 Å². The standard InChI is InChI=1S/C26H29ClN2O2/c1-25(2)14-23(30)26(24(31)15-25)13-19-8-9-20(27)12-21(19)29-11-10-28(17-22(26)29)16-18-6-4-3-5-7-18/h3-9,12,22H,10-11,13-17H2,1-2H3/t22-/m0/s1. The maximum Gasteiger partial charge on any atom is 0.149 e. The monoisotopic (exact) mass is 436 g/mol. The maximum absolute atomic E-state index is 13.7. The van der Waals surface area contributed by atoms with Gasteiger partial charge in [0, 0.05) is 49.7 Å². The molecule has 0 unspecified atom stereocenters. The summed E-state index contributed by atoms with van der Waals surface area (Å²) >= 11 is 6.34. The molecule has 4 nitrogen and oxygen atoms in total. The van der Waals surface area contributed by atoms with Crippen molar-refractivity contribution < 1.29 is 9.59 Å². The van der Waals surface area contributed by atoms with Gasteiger partial charge >= 0.3 is 0 Å². The molecule has 0 N–H and O–H groups in total. The minimum Gasteiger partial charge on any atom is -0.364 e. The van der Waals surface area contributed by atoms with Crippen LogP contribution in [0, 0.1) is 10.8 Å². The van der Waals surface area contributed by atoms with Crippen molar-refractivity contribution in [1.82, 2.24) is 4.90 Å². The van der Waals surface area contributed by atoms with Gasteiger partial charge in [-0.1, -0.05) is 61.8 Å². The molecule has 1 atom stereocenters. The topological polar surface area (TPSA) is 40.6 Å². The predicted molar refractivity (Wildman–Crippen MR) is 123 cm³/mol. The number of carbonyl (C=O) groups is 2. The largest absolute Gasteiger partial charge is 0.364 e. The Labute approximate surface area is 189 Å². The highest BCUT2D eigenvalue weighted by molar-refractivity contribution is 6.31. The summed E-state index contributed by atoms with van der Waals surface area (Å²) in [6.07, 6.45) is 1.42. The first-order valence-corrected chi connectivity index (χ1v) is 11.5. The maximum atomic E-state index is 13.7. The second kappa shape index (κ2) is 7.46. The number of hydrogen-bond donors (Lipinski definition) is 0. The molecule has 31 heavy (non-hydrogen) atoms. The quantitative estimate of drug-likeness (QED) is 0.648. The second-order valence-corrected chi connectivity index (χ2v) is 10.7. The lowest BCUT2D eigenvalue weighted by molar-refractivity contribution is -0.151. The molecular formula is C26H29ClN2O2. The van der Waals surface area contributed by atoms with Crippen molar-refractivity contribution in [2.75, 3.05) is 24.5 Å². The molecule has 5 heteroatoms. The van der Waals surface area contributed by atoms with Gasteiger partial charge in [0.05, 0.1) is 6.04 Å². The molecule has 5 rings (SSSR count). The number of fused-ring (bicyclic) bond motifs is 4. The van der Waals surface area contributed by atoms with Gasteiger partial charge in [-0.25, -0.2) is 0 Å². The fourth-order valence-electron chi connectivity index (χ4n) is 5.88. The van der Waals surface area contributed by atoms with E-state index in [1.807, 2.05) is 38.1 Å². The number of benzene rings is 2. The molecule has 1 saturated carbocycles. The molecule has 1 spiro atoms. The van der Waals surface area contributed by atoms with Gasteiger partial charge in [-0.3, -0.25) is 14.5 Å². The van der Waals surface area contributed by atoms with E-state index in [-0.39, 0.29) is 23.0 Å². The Hall–Kier alpha value is -2.17. The molecule has 2 fully saturated rings. The third kappa shape index (κ3) is 3.50. The van der Waals surface area contributed by atoms with Crippen LogP contribution >= 0.6 is 11.6 Å². The van der Waals surface area contributed by atoms with E-state index < -0.39 is 5.41 Å². The van der Waals surface area contributed by atoms with Crippen LogP contribution in [-0.4, -0.2) is 42.1 Å². The lowest BCUT2D eigenvalue weighted by Crippen LogP contribution is -2.69. The van der Waals surface area contributed by atoms with Crippen molar-refractivity contribution in [3.05, 3.63) is 64.7 Å². The van der Waals surface area contributed by atoms with Gasteiger partial charge in [-0.05, 0) is 35.1 Å². The molecule has 2 aromatic carbocycles. The van der Waals surface area contributed by atoms with Crippen molar-refractivity contribution in [1.29, 1.82) is 0 Å². The number of rotatable bonds is 2. The van der Waals surface area contributed by atoms with Crippen LogP contribution in [0.5, 0.6) is 0 Å². The number of ketones is 2. The van der Waals surface area contributed by atoms with E-state index in [4.69, 9.17) is 11.6 Å². The van der Waals surface area contributed by atoms with E-state index >= 15 is 0 Å². The van der Waals surface area contributed by atoms with Crippen molar-refractivity contribution in [2.45, 2.75) is 45.7 Å². The Balaban J connectivity index is 1.55. The van der Waals surface area contributed by atoms with Gasteiger partial charge in [-0.15, -0.1) is 0 Å². The average Bonchev–Trinajstić information content (AvgIpc) is 2.72. The summed E-state index contributed by atoms with van der Waals surface area (Å²) in [7, 11) is 0. The molecule has 0 radical (unpaired) electrons. The van der Waals surface area contributed by atoms with Crippen LogP contribution in [0.15, 0.2) is 48.5 Å². The van der Waals surface area contributed by atoms with E-state index in [1.165, 1.54) is 5.56 Å². The van der Waals surface area contributed by atoms with Crippen molar-refractivity contribution in [3.63, 3.8) is 0 Å². The molecule has 2 aliphatic heterocycles. The zero-order valence-electron chi connectivity index (χ0n) is 18.2. The summed E-state index contributed by atoms with van der Waals surface area (Å²) in [5.41, 5.74) is 2.20. The summed E-state index contributed by atoms with van der Waals surface area (Å²) in [6, 6.07) is 16.2. The van der Waals surface area contributed by atoms with Crippen LogP contribution in [0.3, 0.4) is 0 Å². The molecule has 2 heterocycles. The summed E-state index contributed by atoms with van der Waals surface area (Å²) in [5, 5.41) is 0.697. The number of hydrogen-bond acceptors (Lipinski definition) is 4. The highest BCUT2D eigenvalue weighted by Crippen LogP contribution is 2.51. The Bertz CT molecular complexity index is 1010. The molecule has 0 amide bonds. The van der Waals surface area contributed by atoms with Crippen LogP contribution in [0.1, 0.15) is 37.8 Å². The number of anilines is 1. The fourth-order valence-corrected chi connectivity index (χ4v) is 6.04. The third-order valence-electron chi connectivity index (χ3n) is 7.38. The van der Waals surface area contributed by atoms with E-state index in [1.54, 1.807) is 0 Å². The molecule has 1 aliphatic carbocycles. The van der Waals surface area contributed by atoms with Crippen molar-refractivity contribution >= 4 is 28.9 Å². The van der Waals surface area contributed by atoms with Crippen molar-refractivity contribution in [2.24, 2.45) is 10.8 Å². The van der Waals surface area contributed by atoms with Crippen LogP contribution in [0.2, 0.25) is 5.02 Å². The first-order chi connectivity index (χ1) is 14.8. The highest BCUT2D eigenvalue weighted by atomic mass is 35.5. The molecular weight excluding hydrogens is 408 g/mol. The lowest BCUT2D eigenvalue weighted by Gasteiger charge is -2.56. The Kier molecular flexibility index (Phi) is 4.98. The first-order valence-electron chi connectivity index (χ1n) is 11.2. The normalized spacial score (nSPS) is 24.7. The predicted octanol–water partition coefficient (Wildman–Crippen LogP) is 4.53. The summed E-state index contributed by atoms with van der Waals surface area (Å²) in [5.74, 6) is 0.233. The van der Waals surface area contributed by atoms with Crippen LogP contribution in [0.4, 0.5) is 5.69 Å². The zero-order valence-corrected chi connectivity index (χ0v) is 19.0. The molecule has 0 bridgehead atoms. The highest BCUT2D eigenvalue weighted by Gasteiger charge is 2.60. The number of nitrogens with zero attached hydrogens (tertiary/aromatic N) is 2. The van der Waals surface area contributed by atoms with Gasteiger partial charge in [0.25, 0.3) is 0 Å². The Morgan fingerprint density at radius 2 is 1.68 bits per heavy atom. The minimum absolute atomic E-state index is 0.117. The number of Topliss-reactive ketones (excluding diaryl/α,β-unsaturated/α-hetero) is 2. The van der Waals surface area contributed by atoms with Crippen molar-refractivity contribution in [3.8, 4) is 0 Å². The fraction of sp³-hybridized carbons (Fsp3) is 0.462. The third-order valence-corrected chi connectivity index (χ3v) is 7.62. The van der Waals surface area contributed by atoms with Gasteiger partial charge in [0.2, 0.25) is 0 Å². The molecule has 162 valence electrons.